The summed E-state index contributed by atoms with van der Waals surface area (Å²) in [6.07, 6.45) is 0.342. The Bertz CT molecular complexity index is 348. The van der Waals surface area contributed by atoms with Gasteiger partial charge in [-0.2, -0.15) is 0 Å². The van der Waals surface area contributed by atoms with E-state index in [4.69, 9.17) is 5.73 Å². The van der Waals surface area contributed by atoms with Crippen molar-refractivity contribution in [1.29, 1.82) is 0 Å². The van der Waals surface area contributed by atoms with Crippen molar-refractivity contribution in [3.8, 4) is 0 Å². The highest BCUT2D eigenvalue weighted by Crippen LogP contribution is 2.34. The molecule has 1 aromatic carbocycles. The number of aliphatic hydroxyl groups is 1. The molecule has 2 unspecified atom stereocenters. The van der Waals surface area contributed by atoms with E-state index >= 15 is 0 Å². The molecule has 17 heavy (non-hydrogen) atoms. The Labute approximate surface area is 103 Å². The molecule has 0 saturated carbocycles. The predicted molar refractivity (Wildman–Crippen MR) is 68.3 cm³/mol. The van der Waals surface area contributed by atoms with E-state index < -0.39 is 6.10 Å². The molecule has 0 aliphatic heterocycles. The highest BCUT2D eigenvalue weighted by Gasteiger charge is 2.32. The van der Waals surface area contributed by atoms with Crippen LogP contribution in [0.2, 0.25) is 0 Å². The Hall–Kier alpha value is -0.930. The highest BCUT2D eigenvalue weighted by molar-refractivity contribution is 5.22. The third-order valence-electron chi connectivity index (χ3n) is 3.65. The number of rotatable bonds is 5. The minimum Gasteiger partial charge on any atom is -0.392 e. The van der Waals surface area contributed by atoms with Crippen LogP contribution in [0.5, 0.6) is 0 Å². The smallest absolute Gasteiger partial charge is 0.123 e. The molecule has 0 heterocycles. The lowest BCUT2D eigenvalue weighted by Crippen LogP contribution is -2.37. The van der Waals surface area contributed by atoms with Crippen LogP contribution in [0.15, 0.2) is 24.3 Å². The van der Waals surface area contributed by atoms with Crippen molar-refractivity contribution in [1.82, 2.24) is 0 Å². The van der Waals surface area contributed by atoms with Gasteiger partial charge in [-0.15, -0.1) is 0 Å². The van der Waals surface area contributed by atoms with Gasteiger partial charge in [0.15, 0.2) is 0 Å². The molecule has 0 fully saturated rings. The predicted octanol–water partition coefficient (Wildman–Crippen LogP) is 2.67. The molecule has 1 aromatic rings. The minimum atomic E-state index is -0.525. The summed E-state index contributed by atoms with van der Waals surface area (Å²) in [6.45, 7) is 6.44. The summed E-state index contributed by atoms with van der Waals surface area (Å²) in [5.74, 6) is -0.417. The fourth-order valence-corrected chi connectivity index (χ4v) is 1.91. The van der Waals surface area contributed by atoms with Crippen LogP contribution in [-0.4, -0.2) is 17.8 Å². The van der Waals surface area contributed by atoms with Crippen LogP contribution in [0.25, 0.3) is 0 Å². The molecule has 0 saturated heterocycles. The molecule has 3 heteroatoms. The van der Waals surface area contributed by atoms with Crippen molar-refractivity contribution in [2.24, 2.45) is 11.1 Å². The van der Waals surface area contributed by atoms with Gasteiger partial charge < -0.3 is 10.8 Å². The topological polar surface area (TPSA) is 46.2 Å². The number of hydrogen-bond donors (Lipinski definition) is 2. The average molecular weight is 239 g/mol. The van der Waals surface area contributed by atoms with Gasteiger partial charge in [0.1, 0.15) is 5.82 Å². The van der Waals surface area contributed by atoms with Gasteiger partial charge in [-0.05, 0) is 29.5 Å². The second kappa shape index (κ2) is 5.61. The maximum absolute atomic E-state index is 12.9. The lowest BCUT2D eigenvalue weighted by molar-refractivity contribution is 0.0264. The van der Waals surface area contributed by atoms with Gasteiger partial charge in [-0.3, -0.25) is 0 Å². The SMILES string of the molecule is CCC(C)(C)C(O)C(CN)c1ccc(F)cc1. The minimum absolute atomic E-state index is 0.148. The quantitative estimate of drug-likeness (QED) is 0.829. The second-order valence-corrected chi connectivity index (χ2v) is 5.18. The maximum atomic E-state index is 12.9. The number of hydrogen-bond acceptors (Lipinski definition) is 2. The Balaban J connectivity index is 2.95. The summed E-state index contributed by atoms with van der Waals surface area (Å²) in [5.41, 5.74) is 6.44. The molecule has 96 valence electrons. The van der Waals surface area contributed by atoms with Crippen LogP contribution in [-0.2, 0) is 0 Å². The zero-order valence-corrected chi connectivity index (χ0v) is 10.8. The van der Waals surface area contributed by atoms with Gasteiger partial charge in [-0.25, -0.2) is 4.39 Å². The largest absolute Gasteiger partial charge is 0.392 e. The summed E-state index contributed by atoms with van der Waals surface area (Å²) in [6, 6.07) is 6.21. The normalized spacial score (nSPS) is 15.6. The van der Waals surface area contributed by atoms with Gasteiger partial charge in [0.2, 0.25) is 0 Å². The van der Waals surface area contributed by atoms with Gasteiger partial charge in [0.05, 0.1) is 6.10 Å². The van der Waals surface area contributed by atoms with Crippen LogP contribution in [0.3, 0.4) is 0 Å². The highest BCUT2D eigenvalue weighted by atomic mass is 19.1. The summed E-state index contributed by atoms with van der Waals surface area (Å²) in [5, 5.41) is 10.4. The first kappa shape index (κ1) is 14.1. The molecule has 2 nitrogen and oxygen atoms in total. The van der Waals surface area contributed by atoms with Gasteiger partial charge >= 0.3 is 0 Å². The van der Waals surface area contributed by atoms with Crippen molar-refractivity contribution < 1.29 is 9.50 Å². The monoisotopic (exact) mass is 239 g/mol. The third kappa shape index (κ3) is 3.27. The van der Waals surface area contributed by atoms with Gasteiger partial charge in [-0.1, -0.05) is 32.9 Å². The number of benzene rings is 1. The van der Waals surface area contributed by atoms with E-state index in [-0.39, 0.29) is 17.2 Å². The summed E-state index contributed by atoms with van der Waals surface area (Å²) >= 11 is 0. The van der Waals surface area contributed by atoms with Gasteiger partial charge in [0, 0.05) is 12.5 Å². The number of halogens is 1. The Morgan fingerprint density at radius 1 is 1.29 bits per heavy atom. The third-order valence-corrected chi connectivity index (χ3v) is 3.65. The lowest BCUT2D eigenvalue weighted by atomic mass is 9.75. The fraction of sp³-hybridized carbons (Fsp3) is 0.571. The van der Waals surface area contributed by atoms with Crippen LogP contribution < -0.4 is 5.73 Å². The van der Waals surface area contributed by atoms with Crippen LogP contribution in [0.1, 0.15) is 38.7 Å². The maximum Gasteiger partial charge on any atom is 0.123 e. The summed E-state index contributed by atoms with van der Waals surface area (Å²) in [7, 11) is 0. The van der Waals surface area contributed by atoms with Crippen molar-refractivity contribution >= 4 is 0 Å². The van der Waals surface area contributed by atoms with Crippen molar-refractivity contribution in [2.45, 2.75) is 39.2 Å². The van der Waals surface area contributed by atoms with Crippen molar-refractivity contribution in [3.05, 3.63) is 35.6 Å². The first-order valence-corrected chi connectivity index (χ1v) is 6.06. The summed E-state index contributed by atoms with van der Waals surface area (Å²) in [4.78, 5) is 0. The Kier molecular flexibility index (Phi) is 4.66. The first-order valence-electron chi connectivity index (χ1n) is 6.06. The van der Waals surface area contributed by atoms with E-state index in [1.165, 1.54) is 12.1 Å². The number of nitrogens with two attached hydrogens (primary N) is 1. The molecule has 0 spiro atoms. The molecule has 0 aliphatic rings. The van der Waals surface area contributed by atoms with Crippen LogP contribution in [0.4, 0.5) is 4.39 Å². The van der Waals surface area contributed by atoms with E-state index in [1.807, 2.05) is 20.8 Å². The fourth-order valence-electron chi connectivity index (χ4n) is 1.91. The van der Waals surface area contributed by atoms with E-state index in [2.05, 4.69) is 0 Å². The molecular formula is C14H22FNO. The molecule has 3 N–H and O–H groups in total. The second-order valence-electron chi connectivity index (χ2n) is 5.18. The van der Waals surface area contributed by atoms with Crippen molar-refractivity contribution in [2.75, 3.05) is 6.54 Å². The summed E-state index contributed by atoms with van der Waals surface area (Å²) < 4.78 is 12.9. The standard InChI is InChI=1S/C14H22FNO/c1-4-14(2,3)13(17)12(9-16)10-5-7-11(15)8-6-10/h5-8,12-13,17H,4,9,16H2,1-3H3. The zero-order valence-electron chi connectivity index (χ0n) is 10.8. The average Bonchev–Trinajstić information content (AvgIpc) is 2.32. The lowest BCUT2D eigenvalue weighted by Gasteiger charge is -2.35. The molecular weight excluding hydrogens is 217 g/mol. The molecule has 0 radical (unpaired) electrons. The Morgan fingerprint density at radius 2 is 1.82 bits per heavy atom. The van der Waals surface area contributed by atoms with Crippen molar-refractivity contribution in [3.63, 3.8) is 0 Å². The van der Waals surface area contributed by atoms with Gasteiger partial charge in [0.25, 0.3) is 0 Å². The molecule has 1 rings (SSSR count). The molecule has 0 aliphatic carbocycles. The molecule has 0 aromatic heterocycles. The zero-order chi connectivity index (χ0) is 13.1. The van der Waals surface area contributed by atoms with E-state index in [9.17, 15) is 9.50 Å². The van der Waals surface area contributed by atoms with E-state index in [0.717, 1.165) is 12.0 Å². The van der Waals surface area contributed by atoms with E-state index in [0.29, 0.717) is 6.54 Å². The molecule has 0 bridgehead atoms. The van der Waals surface area contributed by atoms with Crippen LogP contribution in [0, 0.1) is 11.2 Å². The van der Waals surface area contributed by atoms with E-state index in [1.54, 1.807) is 12.1 Å². The Morgan fingerprint density at radius 3 is 2.24 bits per heavy atom. The first-order chi connectivity index (χ1) is 7.92. The molecule has 0 amide bonds. The molecule has 2 atom stereocenters. The van der Waals surface area contributed by atoms with Crippen LogP contribution >= 0.6 is 0 Å². The number of aliphatic hydroxyl groups excluding tert-OH is 1.